The Morgan fingerprint density at radius 2 is 1.40 bits per heavy atom. The Morgan fingerprint density at radius 3 is 1.70 bits per heavy atom. The van der Waals surface area contributed by atoms with Gasteiger partial charge in [0.25, 0.3) is 0 Å². The molecule has 60 valence electrons. The van der Waals surface area contributed by atoms with Crippen molar-refractivity contribution >= 4 is 0 Å². The van der Waals surface area contributed by atoms with E-state index in [2.05, 4.69) is 6.92 Å². The molecule has 0 bridgehead atoms. The first-order chi connectivity index (χ1) is 4.77. The van der Waals surface area contributed by atoms with Crippen molar-refractivity contribution in [2.45, 2.75) is 32.0 Å². The Labute approximate surface area is 62.5 Å². The highest BCUT2D eigenvalue weighted by Crippen LogP contribution is 2.28. The van der Waals surface area contributed by atoms with Gasteiger partial charge in [0.2, 0.25) is 0 Å². The lowest BCUT2D eigenvalue weighted by Crippen LogP contribution is -2.23. The van der Waals surface area contributed by atoms with E-state index in [0.29, 0.717) is 12.2 Å². The standard InChI is InChI=1S/C8H16O2/c1-6-4-7(9-2)8(5-6)10-3/h6-8H,4-5H2,1-3H3/t7-,8-/m0/s1. The molecule has 2 nitrogen and oxygen atoms in total. The summed E-state index contributed by atoms with van der Waals surface area (Å²) in [6.07, 6.45) is 2.96. The first-order valence-corrected chi connectivity index (χ1v) is 3.83. The summed E-state index contributed by atoms with van der Waals surface area (Å²) in [5.74, 6) is 0.759. The van der Waals surface area contributed by atoms with Crippen molar-refractivity contribution in [1.82, 2.24) is 0 Å². The van der Waals surface area contributed by atoms with Gasteiger partial charge < -0.3 is 9.47 Å². The van der Waals surface area contributed by atoms with Crippen LogP contribution >= 0.6 is 0 Å². The van der Waals surface area contributed by atoms with Crippen LogP contribution in [-0.2, 0) is 9.47 Å². The Bertz CT molecular complexity index is 91.4. The van der Waals surface area contributed by atoms with Gasteiger partial charge in [0.05, 0.1) is 12.2 Å². The number of hydrogen-bond acceptors (Lipinski definition) is 2. The highest BCUT2D eigenvalue weighted by molar-refractivity contribution is 4.82. The van der Waals surface area contributed by atoms with Crippen LogP contribution in [0.3, 0.4) is 0 Å². The molecule has 1 fully saturated rings. The molecular formula is C8H16O2. The van der Waals surface area contributed by atoms with Crippen molar-refractivity contribution in [3.63, 3.8) is 0 Å². The van der Waals surface area contributed by atoms with Crippen molar-refractivity contribution < 1.29 is 9.47 Å². The number of methoxy groups -OCH3 is 2. The van der Waals surface area contributed by atoms with Gasteiger partial charge in [-0.1, -0.05) is 6.92 Å². The zero-order valence-electron chi connectivity index (χ0n) is 6.96. The zero-order valence-corrected chi connectivity index (χ0v) is 6.96. The van der Waals surface area contributed by atoms with Gasteiger partial charge >= 0.3 is 0 Å². The van der Waals surface area contributed by atoms with Crippen molar-refractivity contribution in [1.29, 1.82) is 0 Å². The largest absolute Gasteiger partial charge is 0.379 e. The summed E-state index contributed by atoms with van der Waals surface area (Å²) in [6.45, 7) is 2.24. The smallest absolute Gasteiger partial charge is 0.0835 e. The molecular weight excluding hydrogens is 128 g/mol. The van der Waals surface area contributed by atoms with E-state index in [0.717, 1.165) is 18.8 Å². The summed E-state index contributed by atoms with van der Waals surface area (Å²) < 4.78 is 10.5. The molecule has 0 unspecified atom stereocenters. The monoisotopic (exact) mass is 144 g/mol. The van der Waals surface area contributed by atoms with Gasteiger partial charge in [0, 0.05) is 14.2 Å². The van der Waals surface area contributed by atoms with E-state index >= 15 is 0 Å². The van der Waals surface area contributed by atoms with Gasteiger partial charge in [-0.2, -0.15) is 0 Å². The molecule has 2 heteroatoms. The minimum atomic E-state index is 0.333. The van der Waals surface area contributed by atoms with E-state index in [1.165, 1.54) is 0 Å². The van der Waals surface area contributed by atoms with Crippen LogP contribution in [0.25, 0.3) is 0 Å². The molecule has 1 aliphatic rings. The van der Waals surface area contributed by atoms with E-state index < -0.39 is 0 Å². The molecule has 0 aliphatic heterocycles. The highest BCUT2D eigenvalue weighted by atomic mass is 16.5. The first-order valence-electron chi connectivity index (χ1n) is 3.83. The van der Waals surface area contributed by atoms with Gasteiger partial charge in [0.15, 0.2) is 0 Å². The predicted octanol–water partition coefficient (Wildman–Crippen LogP) is 1.45. The molecule has 0 aromatic carbocycles. The van der Waals surface area contributed by atoms with Crippen molar-refractivity contribution in [2.24, 2.45) is 5.92 Å². The molecule has 0 saturated heterocycles. The van der Waals surface area contributed by atoms with E-state index in [-0.39, 0.29) is 0 Å². The molecule has 0 heterocycles. The van der Waals surface area contributed by atoms with Crippen molar-refractivity contribution in [2.75, 3.05) is 14.2 Å². The maximum atomic E-state index is 5.26. The highest BCUT2D eigenvalue weighted by Gasteiger charge is 2.31. The minimum Gasteiger partial charge on any atom is -0.379 e. The summed E-state index contributed by atoms with van der Waals surface area (Å²) in [5.41, 5.74) is 0. The molecule has 1 saturated carbocycles. The van der Waals surface area contributed by atoms with Gasteiger partial charge in [-0.05, 0) is 18.8 Å². The van der Waals surface area contributed by atoms with Crippen LogP contribution in [0.15, 0.2) is 0 Å². The van der Waals surface area contributed by atoms with Crippen LogP contribution in [0.1, 0.15) is 19.8 Å². The van der Waals surface area contributed by atoms with Gasteiger partial charge in [-0.25, -0.2) is 0 Å². The third kappa shape index (κ3) is 1.50. The SMILES string of the molecule is CO[C@H]1CC(C)C[C@@H]1OC. The molecule has 1 rings (SSSR count). The fourth-order valence-corrected chi connectivity index (χ4v) is 1.69. The normalized spacial score (nSPS) is 35.1. The number of rotatable bonds is 2. The molecule has 0 spiro atoms. The van der Waals surface area contributed by atoms with E-state index in [4.69, 9.17) is 9.47 Å². The van der Waals surface area contributed by atoms with Crippen LogP contribution in [0, 0.1) is 5.92 Å². The number of ether oxygens (including phenoxy) is 2. The van der Waals surface area contributed by atoms with Gasteiger partial charge in [-0.15, -0.1) is 0 Å². The molecule has 2 atom stereocenters. The predicted molar refractivity (Wildman–Crippen MR) is 40.0 cm³/mol. The second-order valence-corrected chi connectivity index (χ2v) is 3.12. The summed E-state index contributed by atoms with van der Waals surface area (Å²) in [7, 11) is 3.52. The Morgan fingerprint density at radius 1 is 1.00 bits per heavy atom. The van der Waals surface area contributed by atoms with Crippen LogP contribution in [0.2, 0.25) is 0 Å². The van der Waals surface area contributed by atoms with Crippen LogP contribution in [0.5, 0.6) is 0 Å². The fourth-order valence-electron chi connectivity index (χ4n) is 1.69. The second kappa shape index (κ2) is 3.35. The molecule has 0 aromatic rings. The molecule has 0 radical (unpaired) electrons. The van der Waals surface area contributed by atoms with E-state index in [1.54, 1.807) is 14.2 Å². The lowest BCUT2D eigenvalue weighted by molar-refractivity contribution is -0.0157. The van der Waals surface area contributed by atoms with Crippen LogP contribution in [-0.4, -0.2) is 26.4 Å². The molecule has 0 amide bonds. The third-order valence-corrected chi connectivity index (χ3v) is 2.29. The summed E-state index contributed by atoms with van der Waals surface area (Å²) in [5, 5.41) is 0. The van der Waals surface area contributed by atoms with Gasteiger partial charge in [-0.3, -0.25) is 0 Å². The summed E-state index contributed by atoms with van der Waals surface area (Å²) in [6, 6.07) is 0. The molecule has 10 heavy (non-hydrogen) atoms. The zero-order chi connectivity index (χ0) is 7.56. The average Bonchev–Trinajstić information content (AvgIpc) is 2.30. The van der Waals surface area contributed by atoms with Crippen molar-refractivity contribution in [3.8, 4) is 0 Å². The number of hydrogen-bond donors (Lipinski definition) is 0. The maximum Gasteiger partial charge on any atom is 0.0835 e. The fraction of sp³-hybridized carbons (Fsp3) is 1.00. The van der Waals surface area contributed by atoms with Crippen LogP contribution in [0.4, 0.5) is 0 Å². The maximum absolute atomic E-state index is 5.26. The topological polar surface area (TPSA) is 18.5 Å². The molecule has 0 aromatic heterocycles. The van der Waals surface area contributed by atoms with Crippen molar-refractivity contribution in [3.05, 3.63) is 0 Å². The van der Waals surface area contributed by atoms with E-state index in [1.807, 2.05) is 0 Å². The Hall–Kier alpha value is -0.0800. The van der Waals surface area contributed by atoms with Crippen LogP contribution < -0.4 is 0 Å². The average molecular weight is 144 g/mol. The lowest BCUT2D eigenvalue weighted by atomic mass is 10.1. The minimum absolute atomic E-state index is 0.333. The summed E-state index contributed by atoms with van der Waals surface area (Å²) in [4.78, 5) is 0. The lowest BCUT2D eigenvalue weighted by Gasteiger charge is -2.15. The van der Waals surface area contributed by atoms with Gasteiger partial charge in [0.1, 0.15) is 0 Å². The molecule has 0 N–H and O–H groups in total. The Balaban J connectivity index is 2.41. The molecule has 1 aliphatic carbocycles. The Kier molecular flexibility index (Phi) is 2.69. The third-order valence-electron chi connectivity index (χ3n) is 2.29. The van der Waals surface area contributed by atoms with E-state index in [9.17, 15) is 0 Å². The second-order valence-electron chi connectivity index (χ2n) is 3.12. The summed E-state index contributed by atoms with van der Waals surface area (Å²) >= 11 is 0. The quantitative estimate of drug-likeness (QED) is 0.584. The first kappa shape index (κ1) is 8.02.